The lowest BCUT2D eigenvalue weighted by atomic mass is 10.1. The smallest absolute Gasteiger partial charge is 0.349 e. The highest BCUT2D eigenvalue weighted by Crippen LogP contribution is 2.27. The molecule has 0 heterocycles. The summed E-state index contributed by atoms with van der Waals surface area (Å²) in [5.74, 6) is -2.42. The summed E-state index contributed by atoms with van der Waals surface area (Å²) >= 11 is 4.50. The van der Waals surface area contributed by atoms with Gasteiger partial charge >= 0.3 is 6.18 Å². The van der Waals surface area contributed by atoms with Crippen LogP contribution in [0.5, 0.6) is 0 Å². The first kappa shape index (κ1) is 14.8. The molecule has 0 radical (unpaired) electrons. The standard InChI is InChI=1S/C10H6F3N3O2S/c11-10(12,13)8(5-14)9(19)15-6-1-3-7(4-2-6)16(17)18/h1-4,8H,(H,15,19). The second-order valence-corrected chi connectivity index (χ2v) is 3.84. The third-order valence-electron chi connectivity index (χ3n) is 2.06. The van der Waals surface area contributed by atoms with Crippen LogP contribution < -0.4 is 5.32 Å². The number of benzene rings is 1. The zero-order chi connectivity index (χ0) is 14.6. The zero-order valence-corrected chi connectivity index (χ0v) is 9.96. The van der Waals surface area contributed by atoms with Gasteiger partial charge in [0.05, 0.1) is 11.0 Å². The van der Waals surface area contributed by atoms with Crippen LogP contribution in [-0.2, 0) is 0 Å². The molecule has 19 heavy (non-hydrogen) atoms. The van der Waals surface area contributed by atoms with Gasteiger partial charge in [0, 0.05) is 17.8 Å². The Kier molecular flexibility index (Phi) is 4.39. The maximum Gasteiger partial charge on any atom is 0.410 e. The number of thiocarbonyl (C=S) groups is 1. The van der Waals surface area contributed by atoms with E-state index in [1.54, 1.807) is 0 Å². The van der Waals surface area contributed by atoms with E-state index in [1.165, 1.54) is 12.1 Å². The van der Waals surface area contributed by atoms with Crippen LogP contribution in [0.4, 0.5) is 24.5 Å². The predicted molar refractivity (Wildman–Crippen MR) is 64.5 cm³/mol. The quantitative estimate of drug-likeness (QED) is 0.525. The summed E-state index contributed by atoms with van der Waals surface area (Å²) in [6.45, 7) is 0. The maximum absolute atomic E-state index is 12.4. The second-order valence-electron chi connectivity index (χ2n) is 3.40. The summed E-state index contributed by atoms with van der Waals surface area (Å²) in [6, 6.07) is 5.68. The minimum absolute atomic E-state index is 0.139. The normalized spacial score (nSPS) is 12.3. The van der Waals surface area contributed by atoms with Gasteiger partial charge in [-0.2, -0.15) is 18.4 Å². The van der Waals surface area contributed by atoms with E-state index in [4.69, 9.17) is 5.26 Å². The van der Waals surface area contributed by atoms with E-state index in [0.29, 0.717) is 0 Å². The minimum atomic E-state index is -4.76. The van der Waals surface area contributed by atoms with Crippen molar-refractivity contribution in [1.82, 2.24) is 0 Å². The summed E-state index contributed by atoms with van der Waals surface area (Å²) in [5, 5.41) is 21.1. The lowest BCUT2D eigenvalue weighted by Gasteiger charge is -2.15. The van der Waals surface area contributed by atoms with Crippen molar-refractivity contribution < 1.29 is 18.1 Å². The van der Waals surface area contributed by atoms with Crippen molar-refractivity contribution in [3.63, 3.8) is 0 Å². The highest BCUT2D eigenvalue weighted by molar-refractivity contribution is 7.80. The third-order valence-corrected chi connectivity index (χ3v) is 2.40. The fraction of sp³-hybridized carbons (Fsp3) is 0.200. The number of halogens is 3. The van der Waals surface area contributed by atoms with Crippen molar-refractivity contribution in [2.24, 2.45) is 5.92 Å². The van der Waals surface area contributed by atoms with E-state index in [0.717, 1.165) is 18.2 Å². The molecule has 5 nitrogen and oxygen atoms in total. The van der Waals surface area contributed by atoms with Crippen LogP contribution in [-0.4, -0.2) is 16.1 Å². The van der Waals surface area contributed by atoms with Crippen molar-refractivity contribution >= 4 is 28.6 Å². The molecule has 0 saturated carbocycles. The van der Waals surface area contributed by atoms with Gasteiger partial charge in [-0.05, 0) is 12.1 Å². The van der Waals surface area contributed by atoms with Gasteiger partial charge < -0.3 is 5.32 Å². The largest absolute Gasteiger partial charge is 0.410 e. The van der Waals surface area contributed by atoms with Gasteiger partial charge in [-0.3, -0.25) is 10.1 Å². The molecule has 0 aliphatic heterocycles. The summed E-state index contributed by atoms with van der Waals surface area (Å²) < 4.78 is 37.2. The molecule has 1 rings (SSSR count). The number of anilines is 1. The molecular formula is C10H6F3N3O2S. The first-order chi connectivity index (χ1) is 8.75. The number of nitriles is 1. The molecule has 1 aromatic rings. The molecule has 0 saturated heterocycles. The minimum Gasteiger partial charge on any atom is -0.349 e. The van der Waals surface area contributed by atoms with E-state index in [1.807, 2.05) is 0 Å². The topological polar surface area (TPSA) is 79.0 Å². The Labute approximate surface area is 110 Å². The van der Waals surface area contributed by atoms with Crippen LogP contribution in [0.3, 0.4) is 0 Å². The Morgan fingerprint density at radius 1 is 1.42 bits per heavy atom. The SMILES string of the molecule is N#CC(C(=S)Nc1ccc([N+](=O)[O-])cc1)C(F)(F)F. The molecule has 0 aliphatic carbocycles. The highest BCUT2D eigenvalue weighted by Gasteiger charge is 2.43. The van der Waals surface area contributed by atoms with Gasteiger partial charge in [0.1, 0.15) is 4.99 Å². The third kappa shape index (κ3) is 3.89. The summed E-state index contributed by atoms with van der Waals surface area (Å²) in [6.07, 6.45) is -4.76. The van der Waals surface area contributed by atoms with E-state index >= 15 is 0 Å². The van der Waals surface area contributed by atoms with Crippen molar-refractivity contribution in [2.75, 3.05) is 5.32 Å². The molecule has 0 fully saturated rings. The number of nitrogens with one attached hydrogen (secondary N) is 1. The Hall–Kier alpha value is -2.21. The number of nitro groups is 1. The van der Waals surface area contributed by atoms with Crippen molar-refractivity contribution in [1.29, 1.82) is 5.26 Å². The van der Waals surface area contributed by atoms with Gasteiger partial charge in [-0.15, -0.1) is 0 Å². The van der Waals surface area contributed by atoms with Crippen LogP contribution in [0.1, 0.15) is 0 Å². The van der Waals surface area contributed by atoms with Crippen LogP contribution in [0.15, 0.2) is 24.3 Å². The fourth-order valence-corrected chi connectivity index (χ4v) is 1.47. The van der Waals surface area contributed by atoms with Crippen LogP contribution in [0, 0.1) is 27.4 Å². The molecule has 9 heteroatoms. The summed E-state index contributed by atoms with van der Waals surface area (Å²) in [5.41, 5.74) is -0.0655. The molecule has 1 atom stereocenters. The van der Waals surface area contributed by atoms with Crippen LogP contribution in [0.2, 0.25) is 0 Å². The molecule has 0 amide bonds. The van der Waals surface area contributed by atoms with Crippen molar-refractivity contribution in [3.05, 3.63) is 34.4 Å². The second kappa shape index (κ2) is 5.62. The molecule has 1 unspecified atom stereocenters. The molecule has 0 aromatic heterocycles. The Morgan fingerprint density at radius 2 is 1.95 bits per heavy atom. The Morgan fingerprint density at radius 3 is 2.32 bits per heavy atom. The molecule has 100 valence electrons. The predicted octanol–water partition coefficient (Wildman–Crippen LogP) is 3.04. The van der Waals surface area contributed by atoms with Crippen LogP contribution in [0.25, 0.3) is 0 Å². The molecular weight excluding hydrogens is 283 g/mol. The number of rotatable bonds is 3. The molecule has 1 aromatic carbocycles. The molecule has 0 spiro atoms. The number of nitro benzene ring substituents is 1. The van der Waals surface area contributed by atoms with Crippen molar-refractivity contribution in [3.8, 4) is 6.07 Å². The first-order valence-corrected chi connectivity index (χ1v) is 5.18. The zero-order valence-electron chi connectivity index (χ0n) is 9.14. The van der Waals surface area contributed by atoms with Gasteiger partial charge in [-0.25, -0.2) is 0 Å². The van der Waals surface area contributed by atoms with E-state index < -0.39 is 22.0 Å². The number of alkyl halides is 3. The number of nitrogens with zero attached hydrogens (tertiary/aromatic N) is 2. The Bertz CT molecular complexity index is 536. The first-order valence-electron chi connectivity index (χ1n) is 4.77. The Balaban J connectivity index is 2.83. The monoisotopic (exact) mass is 289 g/mol. The number of non-ortho nitro benzene ring substituents is 1. The average molecular weight is 289 g/mol. The van der Waals surface area contributed by atoms with Crippen LogP contribution >= 0.6 is 12.2 Å². The van der Waals surface area contributed by atoms with Crippen molar-refractivity contribution in [2.45, 2.75) is 6.18 Å². The summed E-state index contributed by atoms with van der Waals surface area (Å²) in [4.78, 5) is 9.04. The lowest BCUT2D eigenvalue weighted by molar-refractivity contribution is -0.384. The lowest BCUT2D eigenvalue weighted by Crippen LogP contribution is -2.32. The number of hydrogen-bond acceptors (Lipinski definition) is 4. The fourth-order valence-electron chi connectivity index (χ4n) is 1.16. The molecule has 1 N–H and O–H groups in total. The average Bonchev–Trinajstić information content (AvgIpc) is 2.28. The maximum atomic E-state index is 12.4. The van der Waals surface area contributed by atoms with Gasteiger partial charge in [0.25, 0.3) is 5.69 Å². The molecule has 0 bridgehead atoms. The van der Waals surface area contributed by atoms with E-state index in [2.05, 4.69) is 17.5 Å². The summed E-state index contributed by atoms with van der Waals surface area (Å²) in [7, 11) is 0. The van der Waals surface area contributed by atoms with E-state index in [9.17, 15) is 23.3 Å². The number of hydrogen-bond donors (Lipinski definition) is 1. The highest BCUT2D eigenvalue weighted by atomic mass is 32.1. The van der Waals surface area contributed by atoms with Gasteiger partial charge in [-0.1, -0.05) is 12.2 Å². The molecule has 0 aliphatic rings. The van der Waals surface area contributed by atoms with Gasteiger partial charge in [0.2, 0.25) is 0 Å². The van der Waals surface area contributed by atoms with Gasteiger partial charge in [0.15, 0.2) is 5.92 Å². The van der Waals surface area contributed by atoms with E-state index in [-0.39, 0.29) is 11.4 Å².